The Morgan fingerprint density at radius 1 is 0.840 bits per heavy atom. The molecule has 0 aromatic rings. The van der Waals surface area contributed by atoms with E-state index in [1.54, 1.807) is 0 Å². The highest BCUT2D eigenvalue weighted by Gasteiger charge is 2.46. The minimum atomic E-state index is -2.66. The summed E-state index contributed by atoms with van der Waals surface area (Å²) < 4.78 is 3.80. The van der Waals surface area contributed by atoms with Crippen LogP contribution in [0.15, 0.2) is 12.3 Å². The molecule has 25 heavy (non-hydrogen) atoms. The van der Waals surface area contributed by atoms with Crippen molar-refractivity contribution in [2.24, 2.45) is 0 Å². The average Bonchev–Trinajstić information content (AvgIpc) is 2.63. The number of nitrogens with one attached hydrogen (secondary N) is 2. The fourth-order valence-corrected chi connectivity index (χ4v) is 6.80. The highest BCUT2D eigenvalue weighted by atomic mass is 28.3. The molecule has 0 aliphatic heterocycles. The average molecular weight is 371 g/mol. The molecule has 0 saturated carbocycles. The quantitative estimate of drug-likeness (QED) is 0.513. The third-order valence-electron chi connectivity index (χ3n) is 4.22. The molecule has 0 radical (unpaired) electrons. The lowest BCUT2D eigenvalue weighted by Gasteiger charge is -2.46. The minimum absolute atomic E-state index is 0.0819. The predicted molar refractivity (Wildman–Crippen MR) is 108 cm³/mol. The van der Waals surface area contributed by atoms with Crippen molar-refractivity contribution in [2.45, 2.75) is 66.3 Å². The first-order valence-corrected chi connectivity index (χ1v) is 11.9. The van der Waals surface area contributed by atoms with Gasteiger partial charge in [0, 0.05) is 26.2 Å². The van der Waals surface area contributed by atoms with E-state index in [2.05, 4.69) is 38.0 Å². The van der Waals surface area contributed by atoms with Crippen molar-refractivity contribution < 1.29 is 9.59 Å². The molecule has 0 heterocycles. The first kappa shape index (κ1) is 23.5. The second kappa shape index (κ2) is 12.8. The van der Waals surface area contributed by atoms with Gasteiger partial charge in [0.05, 0.1) is 0 Å². The minimum Gasteiger partial charge on any atom is -0.339 e. The molecule has 0 bridgehead atoms. The van der Waals surface area contributed by atoms with Gasteiger partial charge in [-0.2, -0.15) is 0 Å². The maximum atomic E-state index is 12.8. The van der Waals surface area contributed by atoms with E-state index in [4.69, 9.17) is 0 Å². The lowest BCUT2D eigenvalue weighted by atomic mass is 10.5. The van der Waals surface area contributed by atoms with E-state index in [9.17, 15) is 9.59 Å². The molecule has 0 aliphatic carbocycles. The zero-order chi connectivity index (χ0) is 19.3. The van der Waals surface area contributed by atoms with Gasteiger partial charge < -0.3 is 19.8 Å². The Kier molecular flexibility index (Phi) is 12.0. The molecular weight excluding hydrogens is 332 g/mol. The topological polar surface area (TPSA) is 64.7 Å². The van der Waals surface area contributed by atoms with E-state index < -0.39 is 8.40 Å². The third kappa shape index (κ3) is 6.38. The van der Waals surface area contributed by atoms with E-state index in [-0.39, 0.29) is 12.1 Å². The zero-order valence-electron chi connectivity index (χ0n) is 16.9. The summed E-state index contributed by atoms with van der Waals surface area (Å²) in [4.78, 5) is 25.7. The monoisotopic (exact) mass is 370 g/mol. The summed E-state index contributed by atoms with van der Waals surface area (Å²) in [6, 6.07) is 0.568. The van der Waals surface area contributed by atoms with Crippen LogP contribution >= 0.6 is 0 Å². The van der Waals surface area contributed by atoms with Gasteiger partial charge in [0.25, 0.3) is 8.40 Å². The van der Waals surface area contributed by atoms with Crippen LogP contribution in [-0.4, -0.2) is 55.8 Å². The van der Waals surface area contributed by atoms with Crippen LogP contribution in [0, 0.1) is 0 Å². The highest BCUT2D eigenvalue weighted by molar-refractivity contribution is 6.82. The van der Waals surface area contributed by atoms with Crippen LogP contribution < -0.4 is 10.6 Å². The van der Waals surface area contributed by atoms with Crippen molar-refractivity contribution in [1.82, 2.24) is 19.8 Å². The van der Waals surface area contributed by atoms with Crippen molar-refractivity contribution in [1.29, 1.82) is 0 Å². The largest absolute Gasteiger partial charge is 0.339 e. The number of carbonyl (C=O) groups excluding carboxylic acids is 2. The van der Waals surface area contributed by atoms with Gasteiger partial charge in [-0.25, -0.2) is 9.59 Å². The Balaban J connectivity index is 5.82. The summed E-state index contributed by atoms with van der Waals surface area (Å²) >= 11 is 0. The summed E-state index contributed by atoms with van der Waals surface area (Å²) in [6.45, 7) is 16.8. The molecule has 0 fully saturated rings. The summed E-state index contributed by atoms with van der Waals surface area (Å²) in [5.74, 6) is 0. The molecule has 146 valence electrons. The molecule has 0 atom stereocenters. The van der Waals surface area contributed by atoms with E-state index in [0.717, 1.165) is 31.7 Å². The van der Waals surface area contributed by atoms with E-state index in [1.165, 1.54) is 0 Å². The maximum absolute atomic E-state index is 12.8. The SMILES string of the molecule is C=C[Si](CC)(N(CCC)C(=O)NCCC)N(CCC)C(=O)NCCC. The smallest absolute Gasteiger partial charge is 0.310 e. The lowest BCUT2D eigenvalue weighted by Crippen LogP contribution is -2.70. The first-order chi connectivity index (χ1) is 12.0. The van der Waals surface area contributed by atoms with Gasteiger partial charge in [-0.1, -0.05) is 40.3 Å². The van der Waals surface area contributed by atoms with Crippen LogP contribution in [0.1, 0.15) is 60.3 Å². The second-order valence-electron chi connectivity index (χ2n) is 6.20. The number of carbonyl (C=O) groups is 2. The highest BCUT2D eigenvalue weighted by Crippen LogP contribution is 2.23. The Morgan fingerprint density at radius 3 is 1.48 bits per heavy atom. The normalized spacial score (nSPS) is 10.9. The Labute approximate surface area is 155 Å². The first-order valence-electron chi connectivity index (χ1n) is 9.73. The Hall–Kier alpha value is -1.50. The molecule has 0 spiro atoms. The van der Waals surface area contributed by atoms with Crippen molar-refractivity contribution in [3.63, 3.8) is 0 Å². The van der Waals surface area contributed by atoms with Gasteiger partial charge in [-0.15, -0.1) is 6.58 Å². The Morgan fingerprint density at radius 2 is 1.24 bits per heavy atom. The molecule has 0 aromatic heterocycles. The van der Waals surface area contributed by atoms with Gasteiger partial charge in [-0.3, -0.25) is 0 Å². The molecule has 0 unspecified atom stereocenters. The molecule has 0 aliphatic rings. The predicted octanol–water partition coefficient (Wildman–Crippen LogP) is 3.84. The van der Waals surface area contributed by atoms with Crippen molar-refractivity contribution in [3.05, 3.63) is 12.3 Å². The summed E-state index contributed by atoms with van der Waals surface area (Å²) in [6.07, 6.45) is 3.46. The molecule has 0 saturated heterocycles. The third-order valence-corrected chi connectivity index (χ3v) is 8.64. The van der Waals surface area contributed by atoms with E-state index >= 15 is 0 Å². The molecule has 6 nitrogen and oxygen atoms in total. The van der Waals surface area contributed by atoms with Gasteiger partial charge in [-0.05, 0) is 31.7 Å². The zero-order valence-corrected chi connectivity index (χ0v) is 17.9. The van der Waals surface area contributed by atoms with E-state index in [1.807, 2.05) is 28.7 Å². The summed E-state index contributed by atoms with van der Waals surface area (Å²) in [5.41, 5.74) is 1.88. The van der Waals surface area contributed by atoms with Gasteiger partial charge in [0.2, 0.25) is 0 Å². The maximum Gasteiger partial charge on any atom is 0.310 e. The Bertz CT molecular complexity index is 388. The molecule has 2 N–H and O–H groups in total. The summed E-state index contributed by atoms with van der Waals surface area (Å²) in [7, 11) is -2.66. The number of hydrogen-bond donors (Lipinski definition) is 2. The van der Waals surface area contributed by atoms with Crippen LogP contribution in [0.5, 0.6) is 0 Å². The molecule has 7 heteroatoms. The van der Waals surface area contributed by atoms with Crippen LogP contribution in [0.2, 0.25) is 6.04 Å². The lowest BCUT2D eigenvalue weighted by molar-refractivity contribution is 0.207. The molecule has 0 rings (SSSR count). The number of urea groups is 2. The fraction of sp³-hybridized carbons (Fsp3) is 0.778. The fourth-order valence-electron chi connectivity index (χ4n) is 2.94. The van der Waals surface area contributed by atoms with Gasteiger partial charge >= 0.3 is 12.1 Å². The van der Waals surface area contributed by atoms with Crippen LogP contribution in [0.3, 0.4) is 0 Å². The number of hydrogen-bond acceptors (Lipinski definition) is 2. The second-order valence-corrected chi connectivity index (χ2v) is 10.2. The van der Waals surface area contributed by atoms with Crippen LogP contribution in [-0.2, 0) is 0 Å². The molecule has 0 aromatic carbocycles. The standard InChI is InChI=1S/C18H38N4O2Si/c1-7-13-19-17(23)21(15-9-3)25(11-5,12-6)22(16-10-4)18(24)20-14-8-2/h11H,5,7-10,12-16H2,1-4,6H3,(H,19,23)(H,20,24). The van der Waals surface area contributed by atoms with Crippen molar-refractivity contribution in [3.8, 4) is 0 Å². The van der Waals surface area contributed by atoms with Crippen molar-refractivity contribution >= 4 is 20.5 Å². The van der Waals surface area contributed by atoms with Crippen molar-refractivity contribution in [2.75, 3.05) is 26.2 Å². The van der Waals surface area contributed by atoms with Gasteiger partial charge in [0.1, 0.15) is 0 Å². The number of amides is 4. The van der Waals surface area contributed by atoms with Gasteiger partial charge in [0.15, 0.2) is 0 Å². The summed E-state index contributed by atoms with van der Waals surface area (Å²) in [5, 5.41) is 5.97. The van der Waals surface area contributed by atoms with Crippen LogP contribution in [0.4, 0.5) is 9.59 Å². The molecule has 4 amide bonds. The van der Waals surface area contributed by atoms with Crippen LogP contribution in [0.25, 0.3) is 0 Å². The number of nitrogens with zero attached hydrogens (tertiary/aromatic N) is 2. The molecular formula is C18H38N4O2Si. The van der Waals surface area contributed by atoms with E-state index in [0.29, 0.717) is 26.2 Å². The number of rotatable bonds is 12.